The molecule has 0 saturated carbocycles. The Morgan fingerprint density at radius 2 is 2.26 bits per heavy atom. The van der Waals surface area contributed by atoms with Gasteiger partial charge < -0.3 is 10.1 Å². The van der Waals surface area contributed by atoms with E-state index in [-0.39, 0.29) is 6.04 Å². The molecule has 19 heavy (non-hydrogen) atoms. The van der Waals surface area contributed by atoms with Crippen LogP contribution < -0.4 is 10.1 Å². The Labute approximate surface area is 129 Å². The Morgan fingerprint density at radius 1 is 1.42 bits per heavy atom. The lowest BCUT2D eigenvalue weighted by molar-refractivity contribution is 0.351. The zero-order valence-corrected chi connectivity index (χ0v) is 13.5. The topological polar surface area (TPSA) is 21.3 Å². The van der Waals surface area contributed by atoms with Gasteiger partial charge in [0.05, 0.1) is 17.0 Å². The van der Waals surface area contributed by atoms with Gasteiger partial charge in [0.15, 0.2) is 0 Å². The Bertz CT molecular complexity index is 613. The molecule has 2 nitrogen and oxygen atoms in total. The summed E-state index contributed by atoms with van der Waals surface area (Å²) < 4.78 is 7.71. The van der Waals surface area contributed by atoms with E-state index < -0.39 is 0 Å². The standard InChI is InChI=1S/C14H13BrClNOS/c1-17-13(11-2-3-12(16)19-11)10-7-9(15)6-8-4-5-18-14(8)10/h2-3,6-7,13,17H,4-5H2,1H3. The van der Waals surface area contributed by atoms with E-state index in [1.54, 1.807) is 11.3 Å². The molecule has 0 bridgehead atoms. The minimum absolute atomic E-state index is 0.113. The fraction of sp³-hybridized carbons (Fsp3) is 0.286. The van der Waals surface area contributed by atoms with Crippen LogP contribution in [0.3, 0.4) is 0 Å². The number of fused-ring (bicyclic) bond motifs is 1. The minimum Gasteiger partial charge on any atom is -0.493 e. The molecule has 1 aliphatic rings. The molecule has 1 N–H and O–H groups in total. The third kappa shape index (κ3) is 2.55. The summed E-state index contributed by atoms with van der Waals surface area (Å²) in [5, 5.41) is 3.36. The number of ether oxygens (including phenoxy) is 1. The number of halogens is 2. The van der Waals surface area contributed by atoms with Crippen LogP contribution in [0.2, 0.25) is 4.34 Å². The maximum Gasteiger partial charge on any atom is 0.127 e. The molecule has 1 aromatic heterocycles. The van der Waals surface area contributed by atoms with Crippen LogP contribution in [-0.4, -0.2) is 13.7 Å². The third-order valence-corrected chi connectivity index (χ3v) is 5.01. The summed E-state index contributed by atoms with van der Waals surface area (Å²) in [6.07, 6.45) is 0.976. The molecule has 100 valence electrons. The maximum atomic E-state index is 6.05. The highest BCUT2D eigenvalue weighted by atomic mass is 79.9. The molecule has 0 spiro atoms. The SMILES string of the molecule is CNC(c1ccc(Cl)s1)c1cc(Br)cc2c1OCC2. The lowest BCUT2D eigenvalue weighted by atomic mass is 10.0. The van der Waals surface area contributed by atoms with E-state index in [1.165, 1.54) is 16.0 Å². The van der Waals surface area contributed by atoms with Crippen molar-refractivity contribution in [2.45, 2.75) is 12.5 Å². The fourth-order valence-corrected chi connectivity index (χ4v) is 4.16. The Hall–Kier alpha value is -0.550. The van der Waals surface area contributed by atoms with E-state index in [2.05, 4.69) is 39.4 Å². The van der Waals surface area contributed by atoms with Crippen LogP contribution in [0.25, 0.3) is 0 Å². The molecule has 1 unspecified atom stereocenters. The highest BCUT2D eigenvalue weighted by molar-refractivity contribution is 9.10. The second-order valence-electron chi connectivity index (χ2n) is 4.45. The van der Waals surface area contributed by atoms with Crippen molar-refractivity contribution in [3.63, 3.8) is 0 Å². The fourth-order valence-electron chi connectivity index (χ4n) is 2.45. The number of rotatable bonds is 3. The zero-order valence-electron chi connectivity index (χ0n) is 10.4. The minimum atomic E-state index is 0.113. The van der Waals surface area contributed by atoms with Crippen molar-refractivity contribution in [1.29, 1.82) is 0 Å². The van der Waals surface area contributed by atoms with E-state index >= 15 is 0 Å². The zero-order chi connectivity index (χ0) is 13.4. The van der Waals surface area contributed by atoms with Crippen LogP contribution in [0, 0.1) is 0 Å². The number of thiophene rings is 1. The highest BCUT2D eigenvalue weighted by Crippen LogP contribution is 2.40. The summed E-state index contributed by atoms with van der Waals surface area (Å²) in [5.41, 5.74) is 2.44. The average Bonchev–Trinajstić information content (AvgIpc) is 2.99. The van der Waals surface area contributed by atoms with Crippen molar-refractivity contribution in [1.82, 2.24) is 5.32 Å². The first-order chi connectivity index (χ1) is 9.19. The van der Waals surface area contributed by atoms with Gasteiger partial charge in [0.25, 0.3) is 0 Å². The maximum absolute atomic E-state index is 6.05. The lowest BCUT2D eigenvalue weighted by Gasteiger charge is -2.18. The van der Waals surface area contributed by atoms with Crippen LogP contribution in [0.4, 0.5) is 0 Å². The van der Waals surface area contributed by atoms with Gasteiger partial charge >= 0.3 is 0 Å². The van der Waals surface area contributed by atoms with Crippen LogP contribution in [0.5, 0.6) is 5.75 Å². The van der Waals surface area contributed by atoms with E-state index in [0.29, 0.717) is 0 Å². The van der Waals surface area contributed by atoms with Gasteiger partial charge in [-0.25, -0.2) is 0 Å². The summed E-state index contributed by atoms with van der Waals surface area (Å²) in [4.78, 5) is 1.20. The van der Waals surface area contributed by atoms with Gasteiger partial charge in [0.2, 0.25) is 0 Å². The number of hydrogen-bond donors (Lipinski definition) is 1. The third-order valence-electron chi connectivity index (χ3n) is 3.26. The normalized spacial score (nSPS) is 15.1. The Kier molecular flexibility index (Phi) is 3.85. The van der Waals surface area contributed by atoms with Gasteiger partial charge in [-0.3, -0.25) is 0 Å². The first-order valence-corrected chi connectivity index (χ1v) is 8.05. The van der Waals surface area contributed by atoms with Crippen LogP contribution in [0.15, 0.2) is 28.7 Å². The number of nitrogens with one attached hydrogen (secondary N) is 1. The molecule has 2 heterocycles. The molecular weight excluding hydrogens is 346 g/mol. The molecule has 0 saturated heterocycles. The van der Waals surface area contributed by atoms with Gasteiger partial charge in [-0.15, -0.1) is 11.3 Å². The molecule has 0 fully saturated rings. The molecule has 1 aromatic carbocycles. The van der Waals surface area contributed by atoms with E-state index in [1.807, 2.05) is 13.1 Å². The molecule has 1 aliphatic heterocycles. The molecule has 3 rings (SSSR count). The van der Waals surface area contributed by atoms with Crippen LogP contribution >= 0.6 is 38.9 Å². The molecule has 0 amide bonds. The first kappa shape index (κ1) is 13.4. The second kappa shape index (κ2) is 5.44. The molecule has 1 atom stereocenters. The molecule has 0 aliphatic carbocycles. The van der Waals surface area contributed by atoms with E-state index in [9.17, 15) is 0 Å². The van der Waals surface area contributed by atoms with Gasteiger partial charge in [0, 0.05) is 21.3 Å². The molecule has 5 heteroatoms. The molecular formula is C14H13BrClNOS. The first-order valence-electron chi connectivity index (χ1n) is 6.06. The predicted octanol–water partition coefficient (Wildman–Crippen LogP) is 4.41. The van der Waals surface area contributed by atoms with Crippen molar-refractivity contribution >= 4 is 38.9 Å². The quantitative estimate of drug-likeness (QED) is 0.877. The van der Waals surface area contributed by atoms with E-state index in [4.69, 9.17) is 16.3 Å². The van der Waals surface area contributed by atoms with Gasteiger partial charge in [-0.1, -0.05) is 27.5 Å². The summed E-state index contributed by atoms with van der Waals surface area (Å²) in [5.74, 6) is 1.02. The van der Waals surface area contributed by atoms with Gasteiger partial charge in [-0.05, 0) is 36.9 Å². The predicted molar refractivity (Wildman–Crippen MR) is 83.6 cm³/mol. The van der Waals surface area contributed by atoms with Crippen molar-refractivity contribution in [2.24, 2.45) is 0 Å². The Morgan fingerprint density at radius 3 is 2.95 bits per heavy atom. The van der Waals surface area contributed by atoms with Crippen LogP contribution in [0.1, 0.15) is 22.0 Å². The molecule has 0 radical (unpaired) electrons. The van der Waals surface area contributed by atoms with Gasteiger partial charge in [-0.2, -0.15) is 0 Å². The summed E-state index contributed by atoms with van der Waals surface area (Å²) >= 11 is 11.2. The Balaban J connectivity index is 2.09. The summed E-state index contributed by atoms with van der Waals surface area (Å²) in [7, 11) is 1.96. The lowest BCUT2D eigenvalue weighted by Crippen LogP contribution is -2.17. The average molecular weight is 359 g/mol. The summed E-state index contributed by atoms with van der Waals surface area (Å²) in [6.45, 7) is 0.764. The monoisotopic (exact) mass is 357 g/mol. The summed E-state index contributed by atoms with van der Waals surface area (Å²) in [6, 6.07) is 8.38. The van der Waals surface area contributed by atoms with Gasteiger partial charge in [0.1, 0.15) is 5.75 Å². The van der Waals surface area contributed by atoms with Crippen molar-refractivity contribution in [3.05, 3.63) is 49.1 Å². The highest BCUT2D eigenvalue weighted by Gasteiger charge is 2.24. The number of hydrogen-bond acceptors (Lipinski definition) is 3. The smallest absolute Gasteiger partial charge is 0.127 e. The van der Waals surface area contributed by atoms with Crippen LogP contribution in [-0.2, 0) is 6.42 Å². The molecule has 2 aromatic rings. The van der Waals surface area contributed by atoms with Crippen molar-refractivity contribution in [2.75, 3.05) is 13.7 Å². The van der Waals surface area contributed by atoms with Crippen molar-refractivity contribution < 1.29 is 4.74 Å². The second-order valence-corrected chi connectivity index (χ2v) is 7.11. The largest absolute Gasteiger partial charge is 0.493 e. The van der Waals surface area contributed by atoms with E-state index in [0.717, 1.165) is 27.6 Å². The number of benzene rings is 1. The van der Waals surface area contributed by atoms with Crippen molar-refractivity contribution in [3.8, 4) is 5.75 Å².